The molecule has 0 saturated heterocycles. The minimum atomic E-state index is -5.48. The Kier molecular flexibility index (Phi) is 5.82. The third-order valence-electron chi connectivity index (χ3n) is 4.42. The van der Waals surface area contributed by atoms with Gasteiger partial charge >= 0.3 is 11.4 Å². The lowest BCUT2D eigenvalue weighted by atomic mass is 10.1. The molecular weight excluding hydrogens is 462 g/mol. The van der Waals surface area contributed by atoms with Crippen molar-refractivity contribution >= 4 is 15.5 Å². The molecule has 12 heteroatoms. The lowest BCUT2D eigenvalue weighted by Gasteiger charge is -2.18. The number of ether oxygens (including phenoxy) is 1. The fourth-order valence-corrected chi connectivity index (χ4v) is 4.68. The predicted molar refractivity (Wildman–Crippen MR) is 101 cm³/mol. The summed E-state index contributed by atoms with van der Waals surface area (Å²) < 4.78 is 104. The van der Waals surface area contributed by atoms with Crippen LogP contribution in [0.25, 0.3) is 0 Å². The van der Waals surface area contributed by atoms with E-state index in [9.17, 15) is 35.3 Å². The molecule has 0 aromatic heterocycles. The van der Waals surface area contributed by atoms with Gasteiger partial charge in [0.15, 0.2) is 9.73 Å². The minimum absolute atomic E-state index is 0.169. The highest BCUT2D eigenvalue weighted by atomic mass is 32.2. The maximum absolute atomic E-state index is 14.2. The maximum atomic E-state index is 14.2. The van der Waals surface area contributed by atoms with Crippen LogP contribution in [-0.4, -0.2) is 28.0 Å². The summed E-state index contributed by atoms with van der Waals surface area (Å²) in [6.07, 6.45) is -0.393. The predicted octanol–water partition coefficient (Wildman–Crippen LogP) is 5.40. The molecule has 1 aliphatic rings. The average molecular weight is 474 g/mol. The van der Waals surface area contributed by atoms with Crippen molar-refractivity contribution in [3.8, 4) is 17.6 Å². The molecule has 0 amide bonds. The smallest absolute Gasteiger partial charge is 0.457 e. The van der Waals surface area contributed by atoms with Gasteiger partial charge in [0, 0.05) is 23.6 Å². The highest BCUT2D eigenvalue weighted by Crippen LogP contribution is 2.46. The number of nitriles is 1. The van der Waals surface area contributed by atoms with E-state index in [1.807, 2.05) is 0 Å². The van der Waals surface area contributed by atoms with Crippen LogP contribution in [0.5, 0.6) is 11.5 Å². The Bertz CT molecular complexity index is 1290. The number of nitrogens with zero attached hydrogens (tertiary/aromatic N) is 2. The zero-order valence-electron chi connectivity index (χ0n) is 15.9. The Morgan fingerprint density at radius 1 is 1.28 bits per heavy atom. The molecule has 2 aromatic rings. The van der Waals surface area contributed by atoms with Crippen LogP contribution in [0.4, 0.5) is 26.3 Å². The summed E-state index contributed by atoms with van der Waals surface area (Å²) in [5.74, 6) is -7.73. The Hall–Kier alpha value is -3.33. The summed E-state index contributed by atoms with van der Waals surface area (Å²) in [5, 5.41) is 8.91. The van der Waals surface area contributed by atoms with E-state index in [0.717, 1.165) is 30.3 Å². The lowest BCUT2D eigenvalue weighted by molar-refractivity contribution is -0.0404. The Balaban J connectivity index is 2.26. The third kappa shape index (κ3) is 3.95. The van der Waals surface area contributed by atoms with Gasteiger partial charge in [0.1, 0.15) is 17.3 Å². The number of carbonyl (C=O) groups excluding carboxylic acids is 1. The van der Waals surface area contributed by atoms with Crippen molar-refractivity contribution in [2.75, 3.05) is 6.54 Å². The second-order valence-electron chi connectivity index (χ2n) is 6.59. The summed E-state index contributed by atoms with van der Waals surface area (Å²) >= 11 is 0. The average Bonchev–Trinajstić information content (AvgIpc) is 2.95. The monoisotopic (exact) mass is 474 g/mol. The third-order valence-corrected chi connectivity index (χ3v) is 6.49. The molecule has 0 spiro atoms. The van der Waals surface area contributed by atoms with Crippen molar-refractivity contribution in [3.63, 3.8) is 0 Å². The summed E-state index contributed by atoms with van der Waals surface area (Å²) in [7, 11) is -5.32. The molecule has 1 unspecified atom stereocenters. The largest absolute Gasteiger partial charge is 0.483 e. The molecular formula is C20H12F6N2O3S. The molecule has 0 radical (unpaired) electrons. The van der Waals surface area contributed by atoms with Gasteiger partial charge in [-0.05, 0) is 24.3 Å². The van der Waals surface area contributed by atoms with Crippen molar-refractivity contribution in [2.45, 2.75) is 22.7 Å². The highest BCUT2D eigenvalue weighted by Gasteiger charge is 2.54. The molecule has 1 aliphatic carbocycles. The molecule has 2 aromatic carbocycles. The lowest BCUT2D eigenvalue weighted by Crippen LogP contribution is -2.28. The first-order valence-electron chi connectivity index (χ1n) is 8.71. The second-order valence-corrected chi connectivity index (χ2v) is 8.80. The van der Waals surface area contributed by atoms with Crippen LogP contribution in [0, 0.1) is 17.1 Å². The van der Waals surface area contributed by atoms with Crippen LogP contribution in [-0.2, 0) is 16.1 Å². The quantitative estimate of drug-likeness (QED) is 0.430. The van der Waals surface area contributed by atoms with Crippen molar-refractivity contribution in [2.24, 2.45) is 4.36 Å². The first-order valence-corrected chi connectivity index (χ1v) is 10.2. The number of Topliss-reactive ketones (excluding diaryl/α,β-unsaturated/α-hetero) is 1. The van der Waals surface area contributed by atoms with E-state index in [-0.39, 0.29) is 11.3 Å². The molecule has 0 N–H and O–H groups in total. The van der Waals surface area contributed by atoms with E-state index < -0.39 is 67.5 Å². The molecule has 0 heterocycles. The molecule has 3 rings (SSSR count). The van der Waals surface area contributed by atoms with Gasteiger partial charge in [0.05, 0.1) is 23.1 Å². The molecule has 0 saturated carbocycles. The zero-order valence-corrected chi connectivity index (χ0v) is 16.7. The van der Waals surface area contributed by atoms with Gasteiger partial charge in [-0.25, -0.2) is 13.0 Å². The van der Waals surface area contributed by atoms with Gasteiger partial charge in [-0.1, -0.05) is 6.08 Å². The van der Waals surface area contributed by atoms with Gasteiger partial charge in [0.25, 0.3) is 0 Å². The van der Waals surface area contributed by atoms with Crippen LogP contribution in [0.1, 0.15) is 21.5 Å². The van der Waals surface area contributed by atoms with Gasteiger partial charge in [-0.3, -0.25) is 4.79 Å². The molecule has 0 bridgehead atoms. The number of ketones is 1. The van der Waals surface area contributed by atoms with E-state index in [0.29, 0.717) is 6.07 Å². The van der Waals surface area contributed by atoms with E-state index in [1.165, 1.54) is 0 Å². The fourth-order valence-electron chi connectivity index (χ4n) is 3.08. The van der Waals surface area contributed by atoms with E-state index in [4.69, 9.17) is 10.00 Å². The van der Waals surface area contributed by atoms with Crippen LogP contribution >= 0.6 is 0 Å². The molecule has 168 valence electrons. The van der Waals surface area contributed by atoms with Gasteiger partial charge in [0.2, 0.25) is 5.78 Å². The Morgan fingerprint density at radius 3 is 2.56 bits per heavy atom. The molecule has 5 nitrogen and oxygen atoms in total. The van der Waals surface area contributed by atoms with Gasteiger partial charge in [-0.2, -0.15) is 27.2 Å². The Morgan fingerprint density at radius 2 is 1.97 bits per heavy atom. The van der Waals surface area contributed by atoms with E-state index in [1.54, 1.807) is 6.07 Å². The molecule has 0 fully saturated rings. The SMILES string of the molecule is C=CCN=S(=O)(c1ccc(Oc2cc(F)cc(C#N)c2)c2c1C(=O)C(F)(F)C2)C(F)(F)F. The number of hydrogen-bond donors (Lipinski definition) is 0. The molecule has 1 atom stereocenters. The number of rotatable bonds is 5. The van der Waals surface area contributed by atoms with Crippen molar-refractivity contribution < 1.29 is 40.1 Å². The summed E-state index contributed by atoms with van der Waals surface area (Å²) in [6.45, 7) is 2.47. The van der Waals surface area contributed by atoms with Crippen LogP contribution < -0.4 is 4.74 Å². The summed E-state index contributed by atoms with van der Waals surface area (Å²) in [5.41, 5.74) is -7.39. The number of halogens is 6. The first-order chi connectivity index (χ1) is 14.8. The number of carbonyl (C=O) groups is 1. The minimum Gasteiger partial charge on any atom is -0.457 e. The van der Waals surface area contributed by atoms with Crippen LogP contribution in [0.3, 0.4) is 0 Å². The van der Waals surface area contributed by atoms with Crippen molar-refractivity contribution in [3.05, 3.63) is 65.5 Å². The second kappa shape index (κ2) is 7.98. The maximum Gasteiger partial charge on any atom is 0.483 e. The topological polar surface area (TPSA) is 79.5 Å². The fraction of sp³-hybridized carbons (Fsp3) is 0.200. The number of hydrogen-bond acceptors (Lipinski definition) is 5. The molecule has 32 heavy (non-hydrogen) atoms. The van der Waals surface area contributed by atoms with Crippen LogP contribution in [0.2, 0.25) is 0 Å². The van der Waals surface area contributed by atoms with E-state index >= 15 is 0 Å². The normalized spacial score (nSPS) is 16.6. The first kappa shape index (κ1) is 23.3. The van der Waals surface area contributed by atoms with Crippen molar-refractivity contribution in [1.82, 2.24) is 0 Å². The number of fused-ring (bicyclic) bond motifs is 1. The molecule has 0 aliphatic heterocycles. The van der Waals surface area contributed by atoms with Gasteiger partial charge < -0.3 is 4.74 Å². The van der Waals surface area contributed by atoms with E-state index in [2.05, 4.69) is 10.9 Å². The van der Waals surface area contributed by atoms with Crippen molar-refractivity contribution in [1.29, 1.82) is 5.26 Å². The number of benzene rings is 2. The Labute approximate surface area is 178 Å². The summed E-state index contributed by atoms with van der Waals surface area (Å²) in [4.78, 5) is 11.1. The number of alkyl halides is 5. The zero-order chi connectivity index (χ0) is 23.9. The highest BCUT2D eigenvalue weighted by molar-refractivity contribution is 7.94. The van der Waals surface area contributed by atoms with Crippen LogP contribution in [0.15, 0.2) is 52.2 Å². The van der Waals surface area contributed by atoms with Gasteiger partial charge in [-0.15, -0.1) is 6.58 Å². The standard InChI is InChI=1S/C20H12F6N2O3S/c1-2-5-28-32(30,20(24,25)26)16-4-3-15(14-9-19(22,23)18(29)17(14)16)31-13-7-11(10-27)6-12(21)8-13/h2-4,6-8H,1,5,9H2. The summed E-state index contributed by atoms with van der Waals surface area (Å²) in [6, 6.07) is 5.79.